The molecule has 4 nitrogen and oxygen atoms in total. The highest BCUT2D eigenvalue weighted by molar-refractivity contribution is 5.89. The molecule has 1 aliphatic carbocycles. The van der Waals surface area contributed by atoms with E-state index in [1.165, 1.54) is 18.2 Å². The van der Waals surface area contributed by atoms with Gasteiger partial charge in [-0.05, 0) is 67.5 Å². The first-order valence-corrected chi connectivity index (χ1v) is 11.0. The van der Waals surface area contributed by atoms with Crippen molar-refractivity contribution >= 4 is 11.8 Å². The maximum atomic E-state index is 13.8. The van der Waals surface area contributed by atoms with Gasteiger partial charge in [-0.15, -0.1) is 0 Å². The third-order valence-corrected chi connectivity index (χ3v) is 6.85. The predicted molar refractivity (Wildman–Crippen MR) is 114 cm³/mol. The van der Waals surface area contributed by atoms with Crippen molar-refractivity contribution in [2.75, 3.05) is 13.1 Å². The van der Waals surface area contributed by atoms with Crippen LogP contribution >= 0.6 is 0 Å². The van der Waals surface area contributed by atoms with Gasteiger partial charge < -0.3 is 10.2 Å². The fourth-order valence-electron chi connectivity index (χ4n) is 4.67. The van der Waals surface area contributed by atoms with Crippen LogP contribution in [0.3, 0.4) is 0 Å². The Kier molecular flexibility index (Phi) is 6.08. The van der Waals surface area contributed by atoms with Crippen molar-refractivity contribution < 1.29 is 18.4 Å². The minimum absolute atomic E-state index is 0.0540. The SMILES string of the molecule is Cc1ccc(CNC(=O)C2CCN(C(=O)C3(c4cccc(F)c4)CCC3)CC2)cc1F. The second-order valence-corrected chi connectivity index (χ2v) is 8.81. The number of carbonyl (C=O) groups excluding carboxylic acids is 2. The van der Waals surface area contributed by atoms with Crippen LogP contribution in [0.15, 0.2) is 42.5 Å². The van der Waals surface area contributed by atoms with Gasteiger partial charge in [0.15, 0.2) is 0 Å². The zero-order valence-electron chi connectivity index (χ0n) is 17.8. The molecule has 1 N–H and O–H groups in total. The Balaban J connectivity index is 1.33. The largest absolute Gasteiger partial charge is 0.352 e. The lowest BCUT2D eigenvalue weighted by Gasteiger charge is -2.45. The van der Waals surface area contributed by atoms with Crippen molar-refractivity contribution in [3.05, 3.63) is 70.8 Å². The number of amides is 2. The minimum atomic E-state index is -0.618. The van der Waals surface area contributed by atoms with E-state index >= 15 is 0 Å². The molecule has 0 bridgehead atoms. The first kappa shape index (κ1) is 21.5. The fraction of sp³-hybridized carbons (Fsp3) is 0.440. The molecule has 0 atom stereocenters. The van der Waals surface area contributed by atoms with Crippen LogP contribution < -0.4 is 5.32 Å². The van der Waals surface area contributed by atoms with E-state index in [0.717, 1.165) is 30.4 Å². The van der Waals surface area contributed by atoms with Gasteiger partial charge in [-0.2, -0.15) is 0 Å². The number of nitrogens with one attached hydrogen (secondary N) is 1. The molecule has 1 heterocycles. The Labute approximate surface area is 181 Å². The fourth-order valence-corrected chi connectivity index (χ4v) is 4.67. The smallest absolute Gasteiger partial charge is 0.233 e. The monoisotopic (exact) mass is 426 g/mol. The number of halogens is 2. The van der Waals surface area contributed by atoms with E-state index in [1.807, 2.05) is 17.0 Å². The first-order chi connectivity index (χ1) is 14.9. The molecular formula is C25H28F2N2O2. The van der Waals surface area contributed by atoms with Gasteiger partial charge >= 0.3 is 0 Å². The molecular weight excluding hydrogens is 398 g/mol. The second-order valence-electron chi connectivity index (χ2n) is 8.81. The number of rotatable bonds is 5. The summed E-state index contributed by atoms with van der Waals surface area (Å²) in [6.07, 6.45) is 3.63. The van der Waals surface area contributed by atoms with E-state index in [0.29, 0.717) is 31.5 Å². The van der Waals surface area contributed by atoms with Crippen LogP contribution in [0.2, 0.25) is 0 Å². The molecule has 0 spiro atoms. The summed E-state index contributed by atoms with van der Waals surface area (Å²) in [4.78, 5) is 27.7. The molecule has 164 valence electrons. The van der Waals surface area contributed by atoms with E-state index in [4.69, 9.17) is 0 Å². The number of benzene rings is 2. The standard InChI is InChI=1S/C25H28F2N2O2/c1-17-6-7-18(14-22(17)27)16-28-23(30)19-8-12-29(13-9-19)24(31)25(10-3-11-25)20-4-2-5-21(26)15-20/h2,4-7,14-15,19H,3,8-13,16H2,1H3,(H,28,30). The third kappa shape index (κ3) is 4.34. The Morgan fingerprint density at radius 3 is 2.45 bits per heavy atom. The number of nitrogens with zero attached hydrogens (tertiary/aromatic N) is 1. The van der Waals surface area contributed by atoms with Gasteiger partial charge in [-0.3, -0.25) is 9.59 Å². The molecule has 2 aliphatic rings. The van der Waals surface area contributed by atoms with Gasteiger partial charge in [0.1, 0.15) is 11.6 Å². The highest BCUT2D eigenvalue weighted by Gasteiger charge is 2.48. The lowest BCUT2D eigenvalue weighted by molar-refractivity contribution is -0.144. The van der Waals surface area contributed by atoms with E-state index in [2.05, 4.69) is 5.32 Å². The Morgan fingerprint density at radius 2 is 1.84 bits per heavy atom. The summed E-state index contributed by atoms with van der Waals surface area (Å²) in [5, 5.41) is 2.89. The van der Waals surface area contributed by atoms with Crippen molar-refractivity contribution in [3.8, 4) is 0 Å². The number of likely N-dealkylation sites (tertiary alicyclic amines) is 1. The van der Waals surface area contributed by atoms with Crippen molar-refractivity contribution in [2.45, 2.75) is 51.0 Å². The normalized spacial score (nSPS) is 18.4. The molecule has 1 saturated carbocycles. The molecule has 31 heavy (non-hydrogen) atoms. The van der Waals surface area contributed by atoms with Crippen LogP contribution in [0.4, 0.5) is 8.78 Å². The summed E-state index contributed by atoms with van der Waals surface area (Å²) >= 11 is 0. The van der Waals surface area contributed by atoms with E-state index in [9.17, 15) is 18.4 Å². The Morgan fingerprint density at radius 1 is 1.10 bits per heavy atom. The summed E-state index contributed by atoms with van der Waals surface area (Å²) < 4.78 is 27.4. The lowest BCUT2D eigenvalue weighted by atomic mass is 9.63. The second kappa shape index (κ2) is 8.77. The Hall–Kier alpha value is -2.76. The van der Waals surface area contributed by atoms with Crippen LogP contribution in [0.1, 0.15) is 48.8 Å². The summed E-state index contributed by atoms with van der Waals surface area (Å²) in [5.41, 5.74) is 1.45. The molecule has 0 radical (unpaired) electrons. The van der Waals surface area contributed by atoms with E-state index < -0.39 is 5.41 Å². The molecule has 2 amide bonds. The molecule has 0 aromatic heterocycles. The van der Waals surface area contributed by atoms with Gasteiger partial charge in [0.05, 0.1) is 5.41 Å². The van der Waals surface area contributed by atoms with E-state index in [1.54, 1.807) is 19.1 Å². The molecule has 2 aromatic carbocycles. The topological polar surface area (TPSA) is 49.4 Å². The van der Waals surface area contributed by atoms with Gasteiger partial charge in [0.2, 0.25) is 11.8 Å². The molecule has 2 aromatic rings. The third-order valence-electron chi connectivity index (χ3n) is 6.85. The molecule has 1 aliphatic heterocycles. The van der Waals surface area contributed by atoms with Gasteiger partial charge in [-0.1, -0.05) is 30.7 Å². The average molecular weight is 427 g/mol. The number of carbonyl (C=O) groups is 2. The number of piperidine rings is 1. The highest BCUT2D eigenvalue weighted by atomic mass is 19.1. The maximum absolute atomic E-state index is 13.8. The van der Waals surface area contributed by atoms with Crippen LogP contribution in [0.5, 0.6) is 0 Å². The Bertz CT molecular complexity index is 979. The van der Waals surface area contributed by atoms with Crippen molar-refractivity contribution in [1.82, 2.24) is 10.2 Å². The van der Waals surface area contributed by atoms with E-state index in [-0.39, 0.29) is 35.9 Å². The predicted octanol–water partition coefficient (Wildman–Crippen LogP) is 4.25. The van der Waals surface area contributed by atoms with Gasteiger partial charge in [0.25, 0.3) is 0 Å². The molecule has 4 rings (SSSR count). The van der Waals surface area contributed by atoms with Gasteiger partial charge in [0, 0.05) is 25.6 Å². The summed E-state index contributed by atoms with van der Waals surface area (Å²) in [5.74, 6) is -0.761. The molecule has 0 unspecified atom stereocenters. The number of aryl methyl sites for hydroxylation is 1. The van der Waals surface area contributed by atoms with Crippen LogP contribution in [0, 0.1) is 24.5 Å². The average Bonchev–Trinajstić information content (AvgIpc) is 2.74. The van der Waals surface area contributed by atoms with Crippen molar-refractivity contribution in [1.29, 1.82) is 0 Å². The zero-order chi connectivity index (χ0) is 22.0. The van der Waals surface area contributed by atoms with Gasteiger partial charge in [-0.25, -0.2) is 8.78 Å². The van der Waals surface area contributed by atoms with Crippen LogP contribution in [-0.2, 0) is 21.5 Å². The van der Waals surface area contributed by atoms with Crippen molar-refractivity contribution in [3.63, 3.8) is 0 Å². The minimum Gasteiger partial charge on any atom is -0.352 e. The summed E-state index contributed by atoms with van der Waals surface area (Å²) in [7, 11) is 0. The maximum Gasteiger partial charge on any atom is 0.233 e. The van der Waals surface area contributed by atoms with Crippen LogP contribution in [0.25, 0.3) is 0 Å². The van der Waals surface area contributed by atoms with Crippen molar-refractivity contribution in [2.24, 2.45) is 5.92 Å². The lowest BCUT2D eigenvalue weighted by Crippen LogP contribution is -2.53. The summed E-state index contributed by atoms with van der Waals surface area (Å²) in [6, 6.07) is 11.3. The number of hydrogen-bond donors (Lipinski definition) is 1. The quantitative estimate of drug-likeness (QED) is 0.777. The molecule has 2 fully saturated rings. The molecule has 6 heteroatoms. The zero-order valence-corrected chi connectivity index (χ0v) is 17.8. The first-order valence-electron chi connectivity index (χ1n) is 11.0. The molecule has 1 saturated heterocycles. The highest BCUT2D eigenvalue weighted by Crippen LogP contribution is 2.45. The van der Waals surface area contributed by atoms with Crippen LogP contribution in [-0.4, -0.2) is 29.8 Å². The number of hydrogen-bond acceptors (Lipinski definition) is 2. The summed E-state index contributed by atoms with van der Waals surface area (Å²) in [6.45, 7) is 3.03.